The van der Waals surface area contributed by atoms with Crippen LogP contribution in [0, 0.1) is 0 Å². The second-order valence-corrected chi connectivity index (χ2v) is 5.60. The van der Waals surface area contributed by atoms with E-state index in [0.29, 0.717) is 15.2 Å². The number of nitrogens with zero attached hydrogens (tertiary/aromatic N) is 1. The van der Waals surface area contributed by atoms with Crippen LogP contribution >= 0.6 is 35.4 Å². The fourth-order valence-electron chi connectivity index (χ4n) is 1.76. The minimum absolute atomic E-state index is 0.540. The summed E-state index contributed by atoms with van der Waals surface area (Å²) in [6.07, 6.45) is 0. The van der Waals surface area contributed by atoms with Crippen molar-refractivity contribution < 1.29 is 4.74 Å². The van der Waals surface area contributed by atoms with E-state index in [-0.39, 0.29) is 0 Å². The van der Waals surface area contributed by atoms with Crippen LogP contribution < -0.4 is 15.0 Å². The highest BCUT2D eigenvalue weighted by Crippen LogP contribution is 2.24. The Hall–Kier alpha value is -1.49. The van der Waals surface area contributed by atoms with E-state index in [4.69, 9.17) is 40.2 Å². The first-order valence-electron chi connectivity index (χ1n) is 6.14. The minimum atomic E-state index is 0.540. The van der Waals surface area contributed by atoms with Crippen molar-refractivity contribution in [2.24, 2.45) is 0 Å². The lowest BCUT2D eigenvalue weighted by Gasteiger charge is -2.21. The summed E-state index contributed by atoms with van der Waals surface area (Å²) in [4.78, 5) is 1.85. The lowest BCUT2D eigenvalue weighted by molar-refractivity contribution is 0.415. The molecule has 2 aromatic carbocycles. The van der Waals surface area contributed by atoms with Crippen molar-refractivity contribution >= 4 is 51.9 Å². The van der Waals surface area contributed by atoms with Crippen LogP contribution in [0.4, 0.5) is 11.4 Å². The predicted octanol–water partition coefficient (Wildman–Crippen LogP) is 4.84. The molecule has 0 aromatic heterocycles. The van der Waals surface area contributed by atoms with E-state index in [1.807, 2.05) is 36.2 Å². The monoisotopic (exact) mass is 340 g/mol. The second kappa shape index (κ2) is 6.98. The van der Waals surface area contributed by atoms with Gasteiger partial charge < -0.3 is 15.0 Å². The molecule has 6 heteroatoms. The maximum atomic E-state index is 5.97. The number of hydrogen-bond donors (Lipinski definition) is 1. The molecule has 0 saturated heterocycles. The van der Waals surface area contributed by atoms with Crippen LogP contribution in [0.15, 0.2) is 42.5 Å². The fourth-order valence-corrected chi connectivity index (χ4v) is 2.51. The van der Waals surface area contributed by atoms with Crippen LogP contribution in [0.3, 0.4) is 0 Å². The summed E-state index contributed by atoms with van der Waals surface area (Å²) in [5.41, 5.74) is 1.69. The second-order valence-electron chi connectivity index (χ2n) is 4.35. The van der Waals surface area contributed by atoms with Gasteiger partial charge in [0.15, 0.2) is 5.11 Å². The molecule has 0 amide bonds. The first-order chi connectivity index (χ1) is 9.99. The van der Waals surface area contributed by atoms with E-state index in [9.17, 15) is 0 Å². The van der Waals surface area contributed by atoms with E-state index >= 15 is 0 Å². The molecule has 1 N–H and O–H groups in total. The zero-order chi connectivity index (χ0) is 15.4. The molecule has 0 bridgehead atoms. The maximum absolute atomic E-state index is 5.97. The molecule has 2 aromatic rings. The molecule has 0 unspecified atom stereocenters. The zero-order valence-corrected chi connectivity index (χ0v) is 13.9. The van der Waals surface area contributed by atoms with Gasteiger partial charge in [0.2, 0.25) is 0 Å². The molecule has 0 saturated carbocycles. The van der Waals surface area contributed by atoms with Crippen LogP contribution in [0.5, 0.6) is 5.75 Å². The Morgan fingerprint density at radius 1 is 1.10 bits per heavy atom. The van der Waals surface area contributed by atoms with Gasteiger partial charge >= 0.3 is 0 Å². The molecule has 21 heavy (non-hydrogen) atoms. The Morgan fingerprint density at radius 3 is 2.19 bits per heavy atom. The average Bonchev–Trinajstić information content (AvgIpc) is 2.45. The lowest BCUT2D eigenvalue weighted by Crippen LogP contribution is -2.30. The maximum Gasteiger partial charge on any atom is 0.177 e. The van der Waals surface area contributed by atoms with Gasteiger partial charge in [0.05, 0.1) is 7.11 Å². The van der Waals surface area contributed by atoms with E-state index in [2.05, 4.69) is 5.32 Å². The number of benzene rings is 2. The van der Waals surface area contributed by atoms with Gasteiger partial charge in [-0.3, -0.25) is 0 Å². The Morgan fingerprint density at radius 2 is 1.67 bits per heavy atom. The molecule has 110 valence electrons. The van der Waals surface area contributed by atoms with E-state index in [1.165, 1.54) is 0 Å². The van der Waals surface area contributed by atoms with Crippen molar-refractivity contribution in [3.63, 3.8) is 0 Å². The standard InChI is InChI=1S/C15H14Cl2N2OS/c1-19(13-3-5-14(20-2)6-4-13)15(21)18-12-8-10(16)7-11(17)9-12/h3-9H,1-2H3,(H,18,21). The van der Waals surface area contributed by atoms with Crippen LogP contribution in [0.1, 0.15) is 0 Å². The number of hydrogen-bond acceptors (Lipinski definition) is 2. The molecule has 0 fully saturated rings. The van der Waals surface area contributed by atoms with Gasteiger partial charge in [-0.1, -0.05) is 23.2 Å². The number of ether oxygens (including phenoxy) is 1. The van der Waals surface area contributed by atoms with Gasteiger partial charge in [0.25, 0.3) is 0 Å². The summed E-state index contributed by atoms with van der Waals surface area (Å²) in [7, 11) is 3.51. The SMILES string of the molecule is COc1ccc(N(C)C(=S)Nc2cc(Cl)cc(Cl)c2)cc1. The molecule has 0 heterocycles. The minimum Gasteiger partial charge on any atom is -0.497 e. The smallest absolute Gasteiger partial charge is 0.177 e. The Balaban J connectivity index is 2.11. The van der Waals surface area contributed by atoms with E-state index in [0.717, 1.165) is 17.1 Å². The van der Waals surface area contributed by atoms with Gasteiger partial charge in [-0.2, -0.15) is 0 Å². The summed E-state index contributed by atoms with van der Waals surface area (Å²) >= 11 is 17.3. The molecule has 0 aliphatic rings. The van der Waals surface area contributed by atoms with Crippen molar-refractivity contribution in [2.75, 3.05) is 24.4 Å². The topological polar surface area (TPSA) is 24.5 Å². The van der Waals surface area contributed by atoms with E-state index < -0.39 is 0 Å². The lowest BCUT2D eigenvalue weighted by atomic mass is 10.3. The van der Waals surface area contributed by atoms with Gasteiger partial charge in [-0.25, -0.2) is 0 Å². The summed E-state index contributed by atoms with van der Waals surface area (Å²) in [6.45, 7) is 0. The largest absolute Gasteiger partial charge is 0.497 e. The van der Waals surface area contributed by atoms with Crippen LogP contribution in [-0.2, 0) is 0 Å². The molecule has 0 aliphatic carbocycles. The first-order valence-corrected chi connectivity index (χ1v) is 7.31. The quantitative estimate of drug-likeness (QED) is 0.808. The van der Waals surface area contributed by atoms with Crippen molar-refractivity contribution in [2.45, 2.75) is 0 Å². The van der Waals surface area contributed by atoms with Crippen molar-refractivity contribution in [1.82, 2.24) is 0 Å². The number of rotatable bonds is 3. The highest BCUT2D eigenvalue weighted by atomic mass is 35.5. The molecular formula is C15H14Cl2N2OS. The van der Waals surface area contributed by atoms with Gasteiger partial charge in [0, 0.05) is 28.5 Å². The van der Waals surface area contributed by atoms with Crippen LogP contribution in [-0.4, -0.2) is 19.3 Å². The van der Waals surface area contributed by atoms with Crippen LogP contribution in [0.2, 0.25) is 10.0 Å². The molecule has 0 spiro atoms. The first kappa shape index (κ1) is 15.9. The Kier molecular flexibility index (Phi) is 5.28. The molecule has 3 nitrogen and oxygen atoms in total. The zero-order valence-electron chi connectivity index (χ0n) is 11.6. The molecular weight excluding hydrogens is 327 g/mol. The van der Waals surface area contributed by atoms with Gasteiger partial charge in [-0.15, -0.1) is 0 Å². The average molecular weight is 341 g/mol. The Bertz CT molecular complexity index is 626. The fraction of sp³-hybridized carbons (Fsp3) is 0.133. The number of thiocarbonyl (C=S) groups is 1. The molecule has 0 atom stereocenters. The third-order valence-electron chi connectivity index (χ3n) is 2.88. The normalized spacial score (nSPS) is 10.1. The van der Waals surface area contributed by atoms with Crippen molar-refractivity contribution in [1.29, 1.82) is 0 Å². The molecule has 2 rings (SSSR count). The number of halogens is 2. The molecule has 0 radical (unpaired) electrons. The highest BCUT2D eigenvalue weighted by Gasteiger charge is 2.08. The van der Waals surface area contributed by atoms with E-state index in [1.54, 1.807) is 25.3 Å². The summed E-state index contributed by atoms with van der Waals surface area (Å²) in [5.74, 6) is 0.799. The van der Waals surface area contributed by atoms with Crippen molar-refractivity contribution in [3.8, 4) is 5.75 Å². The van der Waals surface area contributed by atoms with Crippen molar-refractivity contribution in [3.05, 3.63) is 52.5 Å². The van der Waals surface area contributed by atoms with Gasteiger partial charge in [-0.05, 0) is 54.7 Å². The number of nitrogens with one attached hydrogen (secondary N) is 1. The summed E-state index contributed by atoms with van der Waals surface area (Å²) in [6, 6.07) is 12.8. The highest BCUT2D eigenvalue weighted by molar-refractivity contribution is 7.80. The van der Waals surface area contributed by atoms with Gasteiger partial charge in [0.1, 0.15) is 5.75 Å². The summed E-state index contributed by atoms with van der Waals surface area (Å²) in [5, 5.41) is 4.76. The molecule has 0 aliphatic heterocycles. The van der Waals surface area contributed by atoms with Crippen LogP contribution in [0.25, 0.3) is 0 Å². The third kappa shape index (κ3) is 4.24. The third-order valence-corrected chi connectivity index (χ3v) is 3.69. The number of methoxy groups -OCH3 is 1. The number of anilines is 2. The summed E-state index contributed by atoms with van der Waals surface area (Å²) < 4.78 is 5.14. The Labute approximate surface area is 139 Å². The predicted molar refractivity (Wildman–Crippen MR) is 94.1 cm³/mol.